The second kappa shape index (κ2) is 12.2. The van der Waals surface area contributed by atoms with Crippen LogP contribution in [0.4, 0.5) is 4.79 Å². The molecule has 0 heterocycles. The Bertz CT molecular complexity index is 965. The fourth-order valence-electron chi connectivity index (χ4n) is 3.05. The third-order valence-electron chi connectivity index (χ3n) is 4.63. The number of carbonyl (C=O) groups is 2. The fraction of sp³-hybridized carbons (Fsp3) is 0.200. The van der Waals surface area contributed by atoms with Crippen LogP contribution in [0.1, 0.15) is 22.7 Å². The second-order valence-corrected chi connectivity index (χ2v) is 6.97. The lowest BCUT2D eigenvalue weighted by Crippen LogP contribution is -2.42. The third-order valence-corrected chi connectivity index (χ3v) is 4.63. The van der Waals surface area contributed by atoms with Crippen LogP contribution in [0.3, 0.4) is 0 Å². The van der Waals surface area contributed by atoms with Gasteiger partial charge in [-0.2, -0.15) is 0 Å². The van der Waals surface area contributed by atoms with Gasteiger partial charge in [0.1, 0.15) is 13.4 Å². The van der Waals surface area contributed by atoms with Crippen molar-refractivity contribution in [2.75, 3.05) is 6.79 Å². The Morgan fingerprint density at radius 3 is 1.88 bits per heavy atom. The standard InChI is InChI=1S/C25H25NO6/c27-24(28)23(32-18-30-16-19-10-4-1-5-11-19)22(21-14-8-3-9-15-21)26-25(29)31-17-20-12-6-2-7-13-20/h1-15,22-23H,16-18H2,(H,26,29)(H,27,28)/t22?,23-/m1/s1. The first-order chi connectivity index (χ1) is 15.6. The normalized spacial score (nSPS) is 12.5. The van der Waals surface area contributed by atoms with E-state index in [0.29, 0.717) is 5.56 Å². The maximum Gasteiger partial charge on any atom is 0.408 e. The predicted molar refractivity (Wildman–Crippen MR) is 118 cm³/mol. The van der Waals surface area contributed by atoms with Crippen molar-refractivity contribution in [1.29, 1.82) is 0 Å². The van der Waals surface area contributed by atoms with Gasteiger partial charge in [0.25, 0.3) is 0 Å². The summed E-state index contributed by atoms with van der Waals surface area (Å²) >= 11 is 0. The van der Waals surface area contributed by atoms with E-state index in [2.05, 4.69) is 5.32 Å². The largest absolute Gasteiger partial charge is 0.479 e. The molecule has 7 nitrogen and oxygen atoms in total. The molecule has 32 heavy (non-hydrogen) atoms. The van der Waals surface area contributed by atoms with Crippen molar-refractivity contribution >= 4 is 12.1 Å². The van der Waals surface area contributed by atoms with Gasteiger partial charge in [-0.15, -0.1) is 0 Å². The highest BCUT2D eigenvalue weighted by Gasteiger charge is 2.32. The summed E-state index contributed by atoms with van der Waals surface area (Å²) in [4.78, 5) is 24.4. The van der Waals surface area contributed by atoms with Crippen molar-refractivity contribution in [1.82, 2.24) is 5.32 Å². The van der Waals surface area contributed by atoms with Crippen molar-refractivity contribution in [2.45, 2.75) is 25.4 Å². The molecule has 1 amide bonds. The molecule has 0 aliphatic rings. The molecule has 0 spiro atoms. The van der Waals surface area contributed by atoms with Crippen LogP contribution in [0, 0.1) is 0 Å². The summed E-state index contributed by atoms with van der Waals surface area (Å²) in [5.74, 6) is -1.23. The van der Waals surface area contributed by atoms with E-state index in [-0.39, 0.29) is 20.0 Å². The van der Waals surface area contributed by atoms with Gasteiger partial charge in [-0.05, 0) is 16.7 Å². The zero-order chi connectivity index (χ0) is 22.6. The van der Waals surface area contributed by atoms with Crippen LogP contribution in [0.25, 0.3) is 0 Å². The average molecular weight is 435 g/mol. The lowest BCUT2D eigenvalue weighted by molar-refractivity contribution is -0.165. The number of rotatable bonds is 11. The number of carboxylic acid groups (broad SMARTS) is 1. The molecular weight excluding hydrogens is 410 g/mol. The quantitative estimate of drug-likeness (QED) is 0.345. The number of aliphatic carboxylic acids is 1. The molecule has 3 aromatic rings. The molecule has 0 aromatic heterocycles. The van der Waals surface area contributed by atoms with E-state index in [1.54, 1.807) is 30.3 Å². The Labute approximate surface area is 186 Å². The molecule has 3 rings (SSSR count). The molecule has 0 aliphatic heterocycles. The number of carboxylic acids is 1. The lowest BCUT2D eigenvalue weighted by atomic mass is 10.0. The minimum absolute atomic E-state index is 0.0625. The van der Waals surface area contributed by atoms with Crippen LogP contribution in [0.2, 0.25) is 0 Å². The van der Waals surface area contributed by atoms with E-state index in [1.807, 2.05) is 60.7 Å². The number of ether oxygens (including phenoxy) is 3. The van der Waals surface area contributed by atoms with Crippen LogP contribution in [-0.2, 0) is 32.2 Å². The van der Waals surface area contributed by atoms with Crippen LogP contribution < -0.4 is 5.32 Å². The molecule has 166 valence electrons. The monoisotopic (exact) mass is 435 g/mol. The number of amides is 1. The van der Waals surface area contributed by atoms with E-state index in [4.69, 9.17) is 14.2 Å². The molecule has 0 aliphatic carbocycles. The molecule has 0 fully saturated rings. The number of alkyl carbamates (subject to hydrolysis) is 1. The third kappa shape index (κ3) is 7.23. The molecule has 0 radical (unpaired) electrons. The molecule has 2 atom stereocenters. The number of nitrogens with one attached hydrogen (secondary N) is 1. The molecule has 0 saturated heterocycles. The van der Waals surface area contributed by atoms with Crippen molar-refractivity contribution in [3.05, 3.63) is 108 Å². The fourth-order valence-corrected chi connectivity index (χ4v) is 3.05. The first kappa shape index (κ1) is 23.0. The van der Waals surface area contributed by atoms with Crippen LogP contribution in [0.5, 0.6) is 0 Å². The number of benzene rings is 3. The number of carbonyl (C=O) groups excluding carboxylic acids is 1. The van der Waals surface area contributed by atoms with E-state index < -0.39 is 24.2 Å². The summed E-state index contributed by atoms with van der Waals surface area (Å²) < 4.78 is 16.2. The molecule has 3 aromatic carbocycles. The van der Waals surface area contributed by atoms with Crippen LogP contribution in [-0.4, -0.2) is 30.1 Å². The minimum Gasteiger partial charge on any atom is -0.479 e. The molecule has 0 saturated carbocycles. The summed E-state index contributed by atoms with van der Waals surface area (Å²) in [5.41, 5.74) is 2.32. The van der Waals surface area contributed by atoms with E-state index in [0.717, 1.165) is 11.1 Å². The first-order valence-corrected chi connectivity index (χ1v) is 10.1. The summed E-state index contributed by atoms with van der Waals surface area (Å²) in [6.07, 6.45) is -2.12. The lowest BCUT2D eigenvalue weighted by Gasteiger charge is -2.25. The van der Waals surface area contributed by atoms with Gasteiger partial charge in [0.15, 0.2) is 6.10 Å². The Morgan fingerprint density at radius 1 is 0.781 bits per heavy atom. The molecular formula is C25H25NO6. The second-order valence-electron chi connectivity index (χ2n) is 6.97. The smallest absolute Gasteiger partial charge is 0.408 e. The van der Waals surface area contributed by atoms with Gasteiger partial charge in [0, 0.05) is 0 Å². The highest BCUT2D eigenvalue weighted by molar-refractivity contribution is 5.76. The van der Waals surface area contributed by atoms with Gasteiger partial charge in [-0.3, -0.25) is 0 Å². The van der Waals surface area contributed by atoms with Crippen molar-refractivity contribution in [2.24, 2.45) is 0 Å². The van der Waals surface area contributed by atoms with Gasteiger partial charge >= 0.3 is 12.1 Å². The van der Waals surface area contributed by atoms with Gasteiger partial charge < -0.3 is 24.6 Å². The van der Waals surface area contributed by atoms with E-state index in [1.165, 1.54) is 0 Å². The van der Waals surface area contributed by atoms with Gasteiger partial charge in [0.05, 0.1) is 12.6 Å². The van der Waals surface area contributed by atoms with E-state index >= 15 is 0 Å². The average Bonchev–Trinajstić information content (AvgIpc) is 2.83. The summed E-state index contributed by atoms with van der Waals surface area (Å²) in [6, 6.07) is 26.4. The number of hydrogen-bond acceptors (Lipinski definition) is 5. The maximum atomic E-state index is 12.4. The highest BCUT2D eigenvalue weighted by Crippen LogP contribution is 2.20. The SMILES string of the molecule is O=C(NC(c1ccccc1)[C@@H](OCOCc1ccccc1)C(=O)O)OCc1ccccc1. The molecule has 1 unspecified atom stereocenters. The Balaban J connectivity index is 1.63. The molecule has 0 bridgehead atoms. The number of hydrogen-bond donors (Lipinski definition) is 2. The predicted octanol–water partition coefficient (Wildman–Crippen LogP) is 4.30. The van der Waals surface area contributed by atoms with Crippen molar-refractivity contribution in [3.8, 4) is 0 Å². The van der Waals surface area contributed by atoms with Crippen molar-refractivity contribution < 1.29 is 28.9 Å². The molecule has 2 N–H and O–H groups in total. The highest BCUT2D eigenvalue weighted by atomic mass is 16.7. The summed E-state index contributed by atoms with van der Waals surface area (Å²) in [7, 11) is 0. The first-order valence-electron chi connectivity index (χ1n) is 10.1. The zero-order valence-electron chi connectivity index (χ0n) is 17.4. The maximum absolute atomic E-state index is 12.4. The summed E-state index contributed by atoms with van der Waals surface area (Å²) in [6.45, 7) is 0.0820. The van der Waals surface area contributed by atoms with Crippen molar-refractivity contribution in [3.63, 3.8) is 0 Å². The van der Waals surface area contributed by atoms with Crippen LogP contribution >= 0.6 is 0 Å². The van der Waals surface area contributed by atoms with Gasteiger partial charge in [0.2, 0.25) is 0 Å². The minimum atomic E-state index is -1.38. The topological polar surface area (TPSA) is 94.1 Å². The zero-order valence-corrected chi connectivity index (χ0v) is 17.4. The Hall–Kier alpha value is -3.68. The molecule has 7 heteroatoms. The Kier molecular flexibility index (Phi) is 8.80. The van der Waals surface area contributed by atoms with Crippen LogP contribution in [0.15, 0.2) is 91.0 Å². The Morgan fingerprint density at radius 2 is 1.31 bits per heavy atom. The van der Waals surface area contributed by atoms with Gasteiger partial charge in [-0.1, -0.05) is 91.0 Å². The van der Waals surface area contributed by atoms with E-state index in [9.17, 15) is 14.7 Å². The summed E-state index contributed by atoms with van der Waals surface area (Å²) in [5, 5.41) is 12.4. The van der Waals surface area contributed by atoms with Gasteiger partial charge in [-0.25, -0.2) is 9.59 Å².